The molecule has 1 saturated heterocycles. The molecule has 1 aliphatic heterocycles. The zero-order chi connectivity index (χ0) is 13.3. The van der Waals surface area contributed by atoms with Gasteiger partial charge in [-0.15, -0.1) is 0 Å². The quantitative estimate of drug-likeness (QED) is 0.663. The average molecular weight is 253 g/mol. The third kappa shape index (κ3) is 2.43. The minimum Gasteiger partial charge on any atom is -0.373 e. The van der Waals surface area contributed by atoms with Gasteiger partial charge >= 0.3 is 0 Å². The molecule has 1 fully saturated rings. The van der Waals surface area contributed by atoms with Crippen molar-refractivity contribution in [3.63, 3.8) is 0 Å². The molecule has 0 aromatic heterocycles. The van der Waals surface area contributed by atoms with E-state index in [-0.39, 0.29) is 17.4 Å². The molecular weight excluding hydrogens is 237 g/mol. The Kier molecular flexibility index (Phi) is 3.47. The summed E-state index contributed by atoms with van der Waals surface area (Å²) in [7, 11) is 1.99. The first-order chi connectivity index (χ1) is 8.49. The highest BCUT2D eigenvalue weighted by Gasteiger charge is 2.28. The molecular formula is C12H16FN3O2. The Balaban J connectivity index is 2.21. The molecule has 1 N–H and O–H groups in total. The zero-order valence-electron chi connectivity index (χ0n) is 10.4. The fraction of sp³-hybridized carbons (Fsp3) is 0.500. The van der Waals surface area contributed by atoms with Gasteiger partial charge in [0, 0.05) is 24.7 Å². The molecule has 5 nitrogen and oxygen atoms in total. The van der Waals surface area contributed by atoms with E-state index in [2.05, 4.69) is 17.1 Å². The van der Waals surface area contributed by atoms with Gasteiger partial charge in [0.15, 0.2) is 5.82 Å². The Morgan fingerprint density at radius 2 is 2.28 bits per heavy atom. The van der Waals surface area contributed by atoms with Crippen molar-refractivity contribution >= 4 is 11.4 Å². The third-order valence-corrected chi connectivity index (χ3v) is 3.42. The van der Waals surface area contributed by atoms with Crippen molar-refractivity contribution in [1.29, 1.82) is 0 Å². The number of halogens is 1. The number of nitrogens with zero attached hydrogens (tertiary/aromatic N) is 2. The predicted molar refractivity (Wildman–Crippen MR) is 67.2 cm³/mol. The van der Waals surface area contributed by atoms with Crippen LogP contribution in [0.5, 0.6) is 0 Å². The van der Waals surface area contributed by atoms with Crippen molar-refractivity contribution in [2.75, 3.05) is 18.9 Å². The Morgan fingerprint density at radius 1 is 1.56 bits per heavy atom. The monoisotopic (exact) mass is 253 g/mol. The molecule has 1 aromatic rings. The van der Waals surface area contributed by atoms with E-state index in [0.717, 1.165) is 13.0 Å². The molecule has 98 valence electrons. The van der Waals surface area contributed by atoms with Crippen LogP contribution in [0.4, 0.5) is 15.8 Å². The SMILES string of the molecule is CC1CC(Nc2c(F)cccc2[N+](=O)[O-])CN1C. The lowest BCUT2D eigenvalue weighted by molar-refractivity contribution is -0.384. The minimum absolute atomic E-state index is 0.00463. The maximum Gasteiger partial charge on any atom is 0.295 e. The van der Waals surface area contributed by atoms with E-state index >= 15 is 0 Å². The Morgan fingerprint density at radius 3 is 2.83 bits per heavy atom. The number of anilines is 1. The van der Waals surface area contributed by atoms with Gasteiger partial charge in [-0.25, -0.2) is 4.39 Å². The molecule has 2 rings (SSSR count). The second-order valence-electron chi connectivity index (χ2n) is 4.76. The second kappa shape index (κ2) is 4.89. The molecule has 1 aromatic carbocycles. The minimum atomic E-state index is -0.577. The molecule has 1 heterocycles. The highest BCUT2D eigenvalue weighted by Crippen LogP contribution is 2.29. The van der Waals surface area contributed by atoms with E-state index in [1.165, 1.54) is 18.2 Å². The maximum absolute atomic E-state index is 13.7. The largest absolute Gasteiger partial charge is 0.373 e. The normalized spacial score (nSPS) is 24.2. The number of hydrogen-bond donors (Lipinski definition) is 1. The van der Waals surface area contributed by atoms with Gasteiger partial charge in [0.05, 0.1) is 4.92 Å². The lowest BCUT2D eigenvalue weighted by Gasteiger charge is -2.14. The first kappa shape index (κ1) is 12.8. The summed E-state index contributed by atoms with van der Waals surface area (Å²) in [6, 6.07) is 4.33. The average Bonchev–Trinajstić information content (AvgIpc) is 2.60. The number of rotatable bonds is 3. The summed E-state index contributed by atoms with van der Waals surface area (Å²) in [6.07, 6.45) is 0.849. The molecule has 0 spiro atoms. The van der Waals surface area contributed by atoms with Gasteiger partial charge in [-0.05, 0) is 26.5 Å². The van der Waals surface area contributed by atoms with Crippen molar-refractivity contribution in [2.24, 2.45) is 0 Å². The first-order valence-electron chi connectivity index (χ1n) is 5.88. The van der Waals surface area contributed by atoms with E-state index < -0.39 is 10.7 Å². The van der Waals surface area contributed by atoms with E-state index in [1.807, 2.05) is 7.05 Å². The van der Waals surface area contributed by atoms with Gasteiger partial charge in [0.25, 0.3) is 5.69 Å². The second-order valence-corrected chi connectivity index (χ2v) is 4.76. The molecule has 0 aliphatic carbocycles. The Labute approximate surface area is 105 Å². The lowest BCUT2D eigenvalue weighted by atomic mass is 10.1. The van der Waals surface area contributed by atoms with Crippen molar-refractivity contribution < 1.29 is 9.31 Å². The van der Waals surface area contributed by atoms with Gasteiger partial charge in [0.2, 0.25) is 0 Å². The van der Waals surface area contributed by atoms with Crippen LogP contribution in [0.2, 0.25) is 0 Å². The maximum atomic E-state index is 13.7. The van der Waals surface area contributed by atoms with E-state index in [9.17, 15) is 14.5 Å². The third-order valence-electron chi connectivity index (χ3n) is 3.42. The fourth-order valence-electron chi connectivity index (χ4n) is 2.31. The van der Waals surface area contributed by atoms with Crippen LogP contribution in [-0.4, -0.2) is 35.5 Å². The molecule has 1 aliphatic rings. The van der Waals surface area contributed by atoms with Gasteiger partial charge in [0.1, 0.15) is 5.69 Å². The number of nitro benzene ring substituents is 1. The van der Waals surface area contributed by atoms with Crippen LogP contribution < -0.4 is 5.32 Å². The molecule has 0 amide bonds. The summed E-state index contributed by atoms with van der Waals surface area (Å²) in [5.41, 5.74) is -0.216. The summed E-state index contributed by atoms with van der Waals surface area (Å²) in [5, 5.41) is 13.8. The fourth-order valence-corrected chi connectivity index (χ4v) is 2.31. The van der Waals surface area contributed by atoms with Gasteiger partial charge in [-0.1, -0.05) is 6.07 Å². The summed E-state index contributed by atoms with van der Waals surface area (Å²) < 4.78 is 13.7. The Bertz CT molecular complexity index is 457. The first-order valence-corrected chi connectivity index (χ1v) is 5.88. The van der Waals surface area contributed by atoms with Crippen molar-refractivity contribution in [3.05, 3.63) is 34.1 Å². The highest BCUT2D eigenvalue weighted by molar-refractivity contribution is 5.62. The van der Waals surface area contributed by atoms with E-state index in [0.29, 0.717) is 6.04 Å². The van der Waals surface area contributed by atoms with Gasteiger partial charge in [-0.3, -0.25) is 10.1 Å². The number of nitrogens with one attached hydrogen (secondary N) is 1. The Hall–Kier alpha value is -1.69. The van der Waals surface area contributed by atoms with Crippen LogP contribution in [0.15, 0.2) is 18.2 Å². The highest BCUT2D eigenvalue weighted by atomic mass is 19.1. The molecule has 6 heteroatoms. The number of para-hydroxylation sites is 1. The lowest BCUT2D eigenvalue weighted by Crippen LogP contribution is -2.25. The molecule has 18 heavy (non-hydrogen) atoms. The topological polar surface area (TPSA) is 58.4 Å². The van der Waals surface area contributed by atoms with Gasteiger partial charge in [-0.2, -0.15) is 0 Å². The molecule has 2 atom stereocenters. The zero-order valence-corrected chi connectivity index (χ0v) is 10.4. The van der Waals surface area contributed by atoms with Crippen LogP contribution >= 0.6 is 0 Å². The molecule has 0 saturated carbocycles. The van der Waals surface area contributed by atoms with Crippen molar-refractivity contribution in [1.82, 2.24) is 4.90 Å². The van der Waals surface area contributed by atoms with Crippen molar-refractivity contribution in [3.8, 4) is 0 Å². The summed E-state index contributed by atoms with van der Waals surface area (Å²) in [6.45, 7) is 2.84. The summed E-state index contributed by atoms with van der Waals surface area (Å²) in [4.78, 5) is 12.4. The summed E-state index contributed by atoms with van der Waals surface area (Å²) >= 11 is 0. The van der Waals surface area contributed by atoms with Crippen LogP contribution in [0, 0.1) is 15.9 Å². The van der Waals surface area contributed by atoms with Crippen LogP contribution in [0.25, 0.3) is 0 Å². The van der Waals surface area contributed by atoms with Crippen molar-refractivity contribution in [2.45, 2.75) is 25.4 Å². The molecule has 2 unspecified atom stereocenters. The van der Waals surface area contributed by atoms with Gasteiger partial charge < -0.3 is 10.2 Å². The van der Waals surface area contributed by atoms with Crippen LogP contribution in [0.3, 0.4) is 0 Å². The summed E-state index contributed by atoms with van der Waals surface area (Å²) in [5.74, 6) is -0.577. The molecule has 0 bridgehead atoms. The smallest absolute Gasteiger partial charge is 0.295 e. The van der Waals surface area contributed by atoms with Crippen LogP contribution in [-0.2, 0) is 0 Å². The number of benzene rings is 1. The van der Waals surface area contributed by atoms with E-state index in [4.69, 9.17) is 0 Å². The van der Waals surface area contributed by atoms with E-state index in [1.54, 1.807) is 0 Å². The standard InChI is InChI=1S/C12H16FN3O2/c1-8-6-9(7-15(8)2)14-12-10(13)4-3-5-11(12)16(17)18/h3-5,8-9,14H,6-7H2,1-2H3. The predicted octanol–water partition coefficient (Wildman–Crippen LogP) is 2.24. The number of likely N-dealkylation sites (N-methyl/N-ethyl adjacent to an activating group) is 1. The number of hydrogen-bond acceptors (Lipinski definition) is 4. The molecule has 0 radical (unpaired) electrons. The number of likely N-dealkylation sites (tertiary alicyclic amines) is 1. The number of nitro groups is 1. The van der Waals surface area contributed by atoms with Crippen LogP contribution in [0.1, 0.15) is 13.3 Å².